The molecule has 0 spiro atoms. The fraction of sp³-hybridized carbons (Fsp3) is 0.529. The highest BCUT2D eigenvalue weighted by atomic mass is 16.2. The molecule has 0 saturated carbocycles. The summed E-state index contributed by atoms with van der Waals surface area (Å²) in [6.45, 7) is 9.91. The van der Waals surface area contributed by atoms with E-state index in [1.807, 2.05) is 52.0 Å². The van der Waals surface area contributed by atoms with E-state index in [-0.39, 0.29) is 17.9 Å². The first-order valence-electron chi connectivity index (χ1n) is 7.51. The smallest absolute Gasteiger partial charge is 0.242 e. The van der Waals surface area contributed by atoms with Crippen molar-refractivity contribution in [2.24, 2.45) is 0 Å². The van der Waals surface area contributed by atoms with E-state index < -0.39 is 6.04 Å². The third-order valence-electron chi connectivity index (χ3n) is 3.50. The van der Waals surface area contributed by atoms with Crippen LogP contribution in [0, 0.1) is 6.92 Å². The van der Waals surface area contributed by atoms with Gasteiger partial charge < -0.3 is 10.2 Å². The number of aryl methyl sites for hydroxylation is 1. The largest absolute Gasteiger partial charge is 0.352 e. The molecule has 1 aromatic carbocycles. The van der Waals surface area contributed by atoms with Crippen LogP contribution in [0.15, 0.2) is 24.3 Å². The van der Waals surface area contributed by atoms with Crippen molar-refractivity contribution in [3.63, 3.8) is 0 Å². The molecule has 0 radical (unpaired) electrons. The highest BCUT2D eigenvalue weighted by molar-refractivity contribution is 5.87. The van der Waals surface area contributed by atoms with Crippen molar-refractivity contribution < 1.29 is 9.59 Å². The number of rotatable bonds is 6. The second-order valence-electron chi connectivity index (χ2n) is 5.64. The fourth-order valence-electron chi connectivity index (χ4n) is 2.16. The molecule has 0 unspecified atom stereocenters. The zero-order valence-electron chi connectivity index (χ0n) is 13.6. The Bertz CT molecular complexity index is 497. The van der Waals surface area contributed by atoms with Crippen LogP contribution >= 0.6 is 0 Å². The van der Waals surface area contributed by atoms with Crippen molar-refractivity contribution in [2.75, 3.05) is 0 Å². The van der Waals surface area contributed by atoms with E-state index in [1.165, 1.54) is 0 Å². The van der Waals surface area contributed by atoms with Crippen LogP contribution in [0.5, 0.6) is 0 Å². The Morgan fingerprint density at radius 1 is 1.19 bits per heavy atom. The summed E-state index contributed by atoms with van der Waals surface area (Å²) in [6, 6.07) is 7.54. The normalized spacial score (nSPS) is 12.1. The standard InChI is InChI=1S/C17H26N2O2/c1-6-16(20)19(14(5)17(21)18-12(2)3)11-15-10-8-7-9-13(15)4/h7-10,12,14H,6,11H2,1-5H3,(H,18,21)/t14-/m0/s1. The molecule has 1 aromatic rings. The first-order chi connectivity index (χ1) is 9.86. The van der Waals surface area contributed by atoms with Crippen LogP contribution in [0.3, 0.4) is 0 Å². The second-order valence-corrected chi connectivity index (χ2v) is 5.64. The summed E-state index contributed by atoms with van der Waals surface area (Å²) >= 11 is 0. The van der Waals surface area contributed by atoms with Gasteiger partial charge in [-0.25, -0.2) is 0 Å². The van der Waals surface area contributed by atoms with Crippen molar-refractivity contribution >= 4 is 11.8 Å². The van der Waals surface area contributed by atoms with Crippen molar-refractivity contribution in [1.82, 2.24) is 10.2 Å². The van der Waals surface area contributed by atoms with Gasteiger partial charge in [-0.15, -0.1) is 0 Å². The minimum atomic E-state index is -0.473. The molecule has 21 heavy (non-hydrogen) atoms. The highest BCUT2D eigenvalue weighted by Crippen LogP contribution is 2.14. The van der Waals surface area contributed by atoms with E-state index >= 15 is 0 Å². The maximum atomic E-state index is 12.2. The summed E-state index contributed by atoms with van der Waals surface area (Å²) in [5.41, 5.74) is 2.20. The summed E-state index contributed by atoms with van der Waals surface area (Å²) in [6.07, 6.45) is 0.394. The lowest BCUT2D eigenvalue weighted by molar-refractivity contribution is -0.140. The van der Waals surface area contributed by atoms with Gasteiger partial charge in [-0.3, -0.25) is 9.59 Å². The number of hydrogen-bond donors (Lipinski definition) is 1. The Morgan fingerprint density at radius 2 is 1.81 bits per heavy atom. The van der Waals surface area contributed by atoms with Gasteiger partial charge in [0.15, 0.2) is 0 Å². The number of benzene rings is 1. The van der Waals surface area contributed by atoms with E-state index in [9.17, 15) is 9.59 Å². The zero-order valence-corrected chi connectivity index (χ0v) is 13.6. The molecule has 2 amide bonds. The third-order valence-corrected chi connectivity index (χ3v) is 3.50. The van der Waals surface area contributed by atoms with Crippen LogP contribution in [0.4, 0.5) is 0 Å². The molecular weight excluding hydrogens is 264 g/mol. The molecule has 0 aromatic heterocycles. The van der Waals surface area contributed by atoms with Gasteiger partial charge >= 0.3 is 0 Å². The Hall–Kier alpha value is -1.84. The van der Waals surface area contributed by atoms with Crippen LogP contribution in [-0.2, 0) is 16.1 Å². The summed E-state index contributed by atoms with van der Waals surface area (Å²) in [5.74, 6) is -0.120. The van der Waals surface area contributed by atoms with E-state index in [0.29, 0.717) is 13.0 Å². The van der Waals surface area contributed by atoms with Gasteiger partial charge in [0, 0.05) is 19.0 Å². The number of hydrogen-bond acceptors (Lipinski definition) is 2. The highest BCUT2D eigenvalue weighted by Gasteiger charge is 2.25. The molecule has 0 aliphatic rings. The molecule has 4 nitrogen and oxygen atoms in total. The molecule has 0 aliphatic heterocycles. The molecule has 4 heteroatoms. The SMILES string of the molecule is CCC(=O)N(Cc1ccccc1C)[C@@H](C)C(=O)NC(C)C. The fourth-order valence-corrected chi connectivity index (χ4v) is 2.16. The number of nitrogens with zero attached hydrogens (tertiary/aromatic N) is 1. The quantitative estimate of drug-likeness (QED) is 0.875. The molecule has 0 bridgehead atoms. The van der Waals surface area contributed by atoms with Crippen LogP contribution in [-0.4, -0.2) is 28.8 Å². The van der Waals surface area contributed by atoms with Crippen LogP contribution in [0.1, 0.15) is 45.2 Å². The summed E-state index contributed by atoms with van der Waals surface area (Å²) in [5, 5.41) is 2.87. The Kier molecular flexibility index (Phi) is 6.40. The van der Waals surface area contributed by atoms with Crippen LogP contribution < -0.4 is 5.32 Å². The van der Waals surface area contributed by atoms with Crippen LogP contribution in [0.2, 0.25) is 0 Å². The molecule has 116 valence electrons. The number of carbonyl (C=O) groups is 2. The van der Waals surface area contributed by atoms with E-state index in [0.717, 1.165) is 11.1 Å². The van der Waals surface area contributed by atoms with Crippen molar-refractivity contribution in [3.05, 3.63) is 35.4 Å². The number of nitrogens with one attached hydrogen (secondary N) is 1. The van der Waals surface area contributed by atoms with Crippen molar-refractivity contribution in [3.8, 4) is 0 Å². The minimum absolute atomic E-state index is 0.00957. The van der Waals surface area contributed by atoms with E-state index in [1.54, 1.807) is 11.8 Å². The second kappa shape index (κ2) is 7.81. The maximum Gasteiger partial charge on any atom is 0.242 e. The monoisotopic (exact) mass is 290 g/mol. The Labute approximate surface area is 127 Å². The van der Waals surface area contributed by atoms with Gasteiger partial charge in [0.05, 0.1) is 0 Å². The van der Waals surface area contributed by atoms with Crippen molar-refractivity contribution in [2.45, 2.75) is 59.7 Å². The topological polar surface area (TPSA) is 49.4 Å². The third kappa shape index (κ3) is 4.88. The molecule has 0 saturated heterocycles. The predicted octanol–water partition coefficient (Wildman–Crippen LogP) is 2.65. The van der Waals surface area contributed by atoms with E-state index in [2.05, 4.69) is 5.32 Å². The molecular formula is C17H26N2O2. The Morgan fingerprint density at radius 3 is 2.33 bits per heavy atom. The zero-order chi connectivity index (χ0) is 16.0. The van der Waals surface area contributed by atoms with Crippen molar-refractivity contribution in [1.29, 1.82) is 0 Å². The maximum absolute atomic E-state index is 12.2. The number of amides is 2. The van der Waals surface area contributed by atoms with Gasteiger partial charge in [0.1, 0.15) is 6.04 Å². The predicted molar refractivity (Wildman–Crippen MR) is 84.8 cm³/mol. The van der Waals surface area contributed by atoms with Crippen LogP contribution in [0.25, 0.3) is 0 Å². The average Bonchev–Trinajstić information content (AvgIpc) is 2.44. The number of carbonyl (C=O) groups excluding carboxylic acids is 2. The first kappa shape index (κ1) is 17.2. The molecule has 1 rings (SSSR count). The minimum Gasteiger partial charge on any atom is -0.352 e. The molecule has 1 N–H and O–H groups in total. The van der Waals surface area contributed by atoms with Gasteiger partial charge in [-0.1, -0.05) is 31.2 Å². The molecule has 0 fully saturated rings. The lowest BCUT2D eigenvalue weighted by atomic mass is 10.1. The lowest BCUT2D eigenvalue weighted by Gasteiger charge is -2.29. The lowest BCUT2D eigenvalue weighted by Crippen LogP contribution is -2.49. The van der Waals surface area contributed by atoms with E-state index in [4.69, 9.17) is 0 Å². The Balaban J connectivity index is 2.93. The molecule has 0 heterocycles. The molecule has 0 aliphatic carbocycles. The van der Waals surface area contributed by atoms with Gasteiger partial charge in [0.25, 0.3) is 0 Å². The summed E-state index contributed by atoms with van der Waals surface area (Å²) < 4.78 is 0. The van der Waals surface area contributed by atoms with Gasteiger partial charge in [0.2, 0.25) is 11.8 Å². The summed E-state index contributed by atoms with van der Waals surface area (Å²) in [4.78, 5) is 26.0. The first-order valence-corrected chi connectivity index (χ1v) is 7.51. The molecule has 1 atom stereocenters. The van der Waals surface area contributed by atoms with Gasteiger partial charge in [-0.05, 0) is 38.8 Å². The average molecular weight is 290 g/mol. The summed E-state index contributed by atoms with van der Waals surface area (Å²) in [7, 11) is 0. The van der Waals surface area contributed by atoms with Gasteiger partial charge in [-0.2, -0.15) is 0 Å².